The Morgan fingerprint density at radius 2 is 0.723 bits per heavy atom. The summed E-state index contributed by atoms with van der Waals surface area (Å²) in [7, 11) is 0. The molecule has 0 aliphatic heterocycles. The van der Waals surface area contributed by atoms with Gasteiger partial charge in [0.05, 0.1) is 13.2 Å². The lowest BCUT2D eigenvalue weighted by atomic mass is 10.1. The summed E-state index contributed by atoms with van der Waals surface area (Å²) < 4.78 is 0. The van der Waals surface area contributed by atoms with Crippen LogP contribution < -0.4 is 4.89 Å². The Morgan fingerprint density at radius 3 is 1.04 bits per heavy atom. The van der Waals surface area contributed by atoms with Gasteiger partial charge in [0.1, 0.15) is 0 Å². The number of benzene rings is 1. The predicted octanol–water partition coefficient (Wildman–Crippen LogP) is 14.9. The van der Waals surface area contributed by atoms with Gasteiger partial charge in [0, 0.05) is 0 Å². The van der Waals surface area contributed by atoms with Crippen molar-refractivity contribution in [2.45, 2.75) is 201 Å². The molecule has 0 radical (unpaired) electrons. The normalized spacial score (nSPS) is 11.4. The van der Waals surface area contributed by atoms with Crippen molar-refractivity contribution in [3.8, 4) is 5.75 Å². The molecule has 4 heteroatoms. The minimum atomic E-state index is 0.473. The number of unbranched alkanes of at least 4 members (excludes halogenated alkanes) is 24. The van der Waals surface area contributed by atoms with Crippen molar-refractivity contribution in [2.75, 3.05) is 13.2 Å². The van der Waals surface area contributed by atoms with Gasteiger partial charge in [-0.3, -0.25) is 0 Å². The zero-order valence-corrected chi connectivity index (χ0v) is 31.5. The van der Waals surface area contributed by atoms with Crippen LogP contribution in [0.3, 0.4) is 0 Å². The molecule has 4 nitrogen and oxygen atoms in total. The van der Waals surface area contributed by atoms with E-state index in [1.165, 1.54) is 167 Å². The zero-order valence-electron chi connectivity index (χ0n) is 31.5. The first-order valence-electron chi connectivity index (χ1n) is 20.2. The highest BCUT2D eigenvalue weighted by Gasteiger charge is 1.96. The summed E-state index contributed by atoms with van der Waals surface area (Å²) in [4.78, 5) is 14.7. The summed E-state index contributed by atoms with van der Waals surface area (Å²) in [6.45, 7) is 8.06. The molecular formula is C43H78O4. The first-order valence-corrected chi connectivity index (χ1v) is 20.2. The lowest BCUT2D eigenvalue weighted by molar-refractivity contribution is -0.295. The third-order valence-corrected chi connectivity index (χ3v) is 8.69. The fourth-order valence-electron chi connectivity index (χ4n) is 5.53. The molecule has 0 bridgehead atoms. The minimum Gasteiger partial charge on any atom is -0.340 e. The molecule has 0 fully saturated rings. The van der Waals surface area contributed by atoms with Gasteiger partial charge in [-0.25, -0.2) is 15.0 Å². The quantitative estimate of drug-likeness (QED) is 0.0346. The van der Waals surface area contributed by atoms with E-state index in [0.29, 0.717) is 5.75 Å². The molecule has 0 aliphatic carbocycles. The summed E-state index contributed by atoms with van der Waals surface area (Å²) >= 11 is 0. The second-order valence-electron chi connectivity index (χ2n) is 13.4. The van der Waals surface area contributed by atoms with Crippen molar-refractivity contribution in [3.63, 3.8) is 0 Å². The second kappa shape index (κ2) is 40.6. The van der Waals surface area contributed by atoms with Gasteiger partial charge in [-0.1, -0.05) is 171 Å². The van der Waals surface area contributed by atoms with Crippen LogP contribution in [0.5, 0.6) is 5.75 Å². The van der Waals surface area contributed by atoms with Crippen molar-refractivity contribution in [2.24, 2.45) is 0 Å². The van der Waals surface area contributed by atoms with Crippen LogP contribution in [0.25, 0.3) is 0 Å². The maximum absolute atomic E-state index is 8.13. The van der Waals surface area contributed by atoms with E-state index in [2.05, 4.69) is 43.0 Å². The molecule has 1 rings (SSSR count). The van der Waals surface area contributed by atoms with Gasteiger partial charge in [-0.15, -0.1) is 0 Å². The molecule has 1 aromatic rings. The van der Waals surface area contributed by atoms with Crippen molar-refractivity contribution < 1.29 is 19.9 Å². The summed E-state index contributed by atoms with van der Waals surface area (Å²) in [5, 5.41) is 8.13. The van der Waals surface area contributed by atoms with Gasteiger partial charge < -0.3 is 4.89 Å². The van der Waals surface area contributed by atoms with E-state index in [9.17, 15) is 0 Å². The van der Waals surface area contributed by atoms with Crippen LogP contribution in [0.15, 0.2) is 48.6 Å². The number of allylic oxidation sites excluding steroid dienone is 4. The van der Waals surface area contributed by atoms with Gasteiger partial charge >= 0.3 is 0 Å². The average molecular weight is 659 g/mol. The van der Waals surface area contributed by atoms with E-state index in [1.54, 1.807) is 12.1 Å². The van der Waals surface area contributed by atoms with Crippen molar-refractivity contribution in [1.82, 2.24) is 0 Å². The van der Waals surface area contributed by atoms with E-state index in [0.717, 1.165) is 31.6 Å². The highest BCUT2D eigenvalue weighted by molar-refractivity contribution is 5.25. The van der Waals surface area contributed by atoms with E-state index in [4.69, 9.17) is 15.0 Å². The molecule has 0 heterocycles. The maximum Gasteiger partial charge on any atom is 0.165 e. The Kier molecular flexibility index (Phi) is 39.2. The van der Waals surface area contributed by atoms with Crippen LogP contribution in [-0.2, 0) is 9.78 Å². The second-order valence-corrected chi connectivity index (χ2v) is 13.4. The molecule has 0 saturated heterocycles. The van der Waals surface area contributed by atoms with Crippen molar-refractivity contribution in [1.29, 1.82) is 0 Å². The van der Waals surface area contributed by atoms with Crippen LogP contribution in [0.1, 0.15) is 199 Å². The molecule has 0 saturated carbocycles. The Morgan fingerprint density at radius 1 is 0.426 bits per heavy atom. The molecular weight excluding hydrogens is 580 g/mol. The number of hydrogen-bond donors (Lipinski definition) is 1. The van der Waals surface area contributed by atoms with E-state index in [-0.39, 0.29) is 0 Å². The van der Waals surface area contributed by atoms with Gasteiger partial charge in [0.25, 0.3) is 0 Å². The van der Waals surface area contributed by atoms with Crippen LogP contribution in [0.2, 0.25) is 0 Å². The predicted molar refractivity (Wildman–Crippen MR) is 205 cm³/mol. The molecule has 0 unspecified atom stereocenters. The molecule has 274 valence electrons. The third-order valence-electron chi connectivity index (χ3n) is 8.69. The summed E-state index contributed by atoms with van der Waals surface area (Å²) in [6.07, 6.45) is 47.2. The molecule has 0 spiro atoms. The lowest BCUT2D eigenvalue weighted by Crippen LogP contribution is -1.99. The van der Waals surface area contributed by atoms with E-state index >= 15 is 0 Å². The van der Waals surface area contributed by atoms with Crippen LogP contribution in [0.4, 0.5) is 0 Å². The maximum atomic E-state index is 8.13. The van der Waals surface area contributed by atoms with Crippen LogP contribution >= 0.6 is 0 Å². The molecule has 1 N–H and O–H groups in total. The monoisotopic (exact) mass is 659 g/mol. The average Bonchev–Trinajstić information content (AvgIpc) is 3.09. The third kappa shape index (κ3) is 38.7. The number of rotatable bonds is 34. The topological polar surface area (TPSA) is 47.9 Å². The molecule has 0 amide bonds. The van der Waals surface area contributed by atoms with Crippen LogP contribution in [0, 0.1) is 6.92 Å². The molecule has 47 heavy (non-hydrogen) atoms. The largest absolute Gasteiger partial charge is 0.340 e. The Bertz CT molecular complexity index is 716. The Hall–Kier alpha value is -1.62. The van der Waals surface area contributed by atoms with Gasteiger partial charge in [0.2, 0.25) is 0 Å². The van der Waals surface area contributed by atoms with Crippen LogP contribution in [-0.4, -0.2) is 18.5 Å². The number of aryl methyl sites for hydroxylation is 1. The van der Waals surface area contributed by atoms with Crippen molar-refractivity contribution >= 4 is 0 Å². The standard InChI is InChI=1S/C36H70O2.C7H8O2/c1-3-5-7-9-11-13-15-17-19-21-23-25-27-29-31-33-35-37-38-36-34-32-30-28-26-24-22-20-18-16-14-12-10-8-6-4-2;1-6-2-4-7(9-8)5-3-6/h17-20H,3-16,21-36H2,1-2H3;2-5,8H,1H3/b19-17-,20-18-;. The van der Waals surface area contributed by atoms with Gasteiger partial charge in [-0.05, 0) is 83.3 Å². The fourth-order valence-corrected chi connectivity index (χ4v) is 5.53. The molecule has 0 aromatic heterocycles. The smallest absolute Gasteiger partial charge is 0.165 e. The Balaban J connectivity index is 0.00000200. The summed E-state index contributed by atoms with van der Waals surface area (Å²) in [5.41, 5.74) is 1.15. The first kappa shape index (κ1) is 45.4. The van der Waals surface area contributed by atoms with E-state index < -0.39 is 0 Å². The highest BCUT2D eigenvalue weighted by atomic mass is 17.2. The molecule has 0 atom stereocenters. The molecule has 0 aliphatic rings. The SMILES string of the molecule is CCCCCCCC/C=C\CCCCCCCCOOCCCCCCCC/C=C\CCCCCCCC.Cc1ccc(OO)cc1. The van der Waals surface area contributed by atoms with Gasteiger partial charge in [0.15, 0.2) is 5.75 Å². The summed E-state index contributed by atoms with van der Waals surface area (Å²) in [6, 6.07) is 7.14. The Labute approximate surface area is 293 Å². The van der Waals surface area contributed by atoms with Crippen molar-refractivity contribution in [3.05, 3.63) is 54.1 Å². The van der Waals surface area contributed by atoms with Gasteiger partial charge in [-0.2, -0.15) is 0 Å². The highest BCUT2D eigenvalue weighted by Crippen LogP contribution is 2.12. The first-order chi connectivity index (χ1) is 23.2. The zero-order chi connectivity index (χ0) is 34.1. The minimum absolute atomic E-state index is 0.473. The molecule has 1 aromatic carbocycles. The number of hydrogen-bond acceptors (Lipinski definition) is 4. The lowest BCUT2D eigenvalue weighted by Gasteiger charge is -2.05. The fraction of sp³-hybridized carbons (Fsp3) is 0.767. The summed E-state index contributed by atoms with van der Waals surface area (Å²) in [5.74, 6) is 0.473. The van der Waals surface area contributed by atoms with E-state index in [1.807, 2.05) is 19.1 Å².